The number of hydrogen-bond donors (Lipinski definition) is 2. The number of nitrogens with zero attached hydrogens (tertiary/aromatic N) is 3. The van der Waals surface area contributed by atoms with Gasteiger partial charge < -0.3 is 15.5 Å². The van der Waals surface area contributed by atoms with Crippen LogP contribution in [-0.4, -0.2) is 33.1 Å². The summed E-state index contributed by atoms with van der Waals surface area (Å²) in [6, 6.07) is 15.4. The molecule has 8 heteroatoms. The normalized spacial score (nSPS) is 17.7. The number of fused-ring (bicyclic) bond motifs is 1. The minimum atomic E-state index is -0.427. The molecule has 1 amide bonds. The van der Waals surface area contributed by atoms with Gasteiger partial charge in [-0.15, -0.1) is 10.2 Å². The van der Waals surface area contributed by atoms with Gasteiger partial charge >= 0.3 is 0 Å². The van der Waals surface area contributed by atoms with E-state index < -0.39 is 5.25 Å². The summed E-state index contributed by atoms with van der Waals surface area (Å²) in [5, 5.41) is 11.9. The van der Waals surface area contributed by atoms with Crippen molar-refractivity contribution in [2.24, 2.45) is 0 Å². The van der Waals surface area contributed by atoms with Crippen molar-refractivity contribution in [3.05, 3.63) is 65.5 Å². The first kappa shape index (κ1) is 20.3. The monoisotopic (exact) mass is 423 g/mol. The van der Waals surface area contributed by atoms with Crippen LogP contribution in [0.1, 0.15) is 36.3 Å². The number of carbonyl (C=O) groups excluding carboxylic acids is 1. The number of para-hydroxylation sites is 2. The fourth-order valence-electron chi connectivity index (χ4n) is 3.46. The number of anilines is 1. The Labute approximate surface area is 180 Å². The summed E-state index contributed by atoms with van der Waals surface area (Å²) in [6.07, 6.45) is 1.79. The number of hydrogen-bond acceptors (Lipinski definition) is 6. The van der Waals surface area contributed by atoms with Crippen LogP contribution in [-0.2, 0) is 11.2 Å². The first-order chi connectivity index (χ1) is 14.6. The van der Waals surface area contributed by atoms with Gasteiger partial charge in [0.15, 0.2) is 5.82 Å². The Kier molecular flexibility index (Phi) is 5.94. The van der Waals surface area contributed by atoms with Crippen molar-refractivity contribution in [3.8, 4) is 5.75 Å². The van der Waals surface area contributed by atoms with E-state index in [9.17, 15) is 4.79 Å². The molecule has 2 heterocycles. The van der Waals surface area contributed by atoms with Crippen LogP contribution >= 0.6 is 11.8 Å². The zero-order valence-electron chi connectivity index (χ0n) is 17.3. The molecule has 0 fully saturated rings. The van der Waals surface area contributed by atoms with Crippen LogP contribution in [0.25, 0.3) is 0 Å². The van der Waals surface area contributed by atoms with Crippen LogP contribution in [0.15, 0.2) is 53.7 Å². The summed E-state index contributed by atoms with van der Waals surface area (Å²) in [7, 11) is 1.59. The van der Waals surface area contributed by atoms with Gasteiger partial charge in [0.05, 0.1) is 18.8 Å². The van der Waals surface area contributed by atoms with Gasteiger partial charge in [0.2, 0.25) is 11.1 Å². The molecule has 7 nitrogen and oxygen atoms in total. The number of rotatable bonds is 6. The van der Waals surface area contributed by atoms with E-state index in [2.05, 4.69) is 59.1 Å². The van der Waals surface area contributed by atoms with Gasteiger partial charge in [0, 0.05) is 6.42 Å². The Bertz CT molecular complexity index is 1030. The van der Waals surface area contributed by atoms with Gasteiger partial charge in [0.25, 0.3) is 0 Å². The summed E-state index contributed by atoms with van der Waals surface area (Å²) in [5.41, 5.74) is 6.35. The van der Waals surface area contributed by atoms with E-state index in [4.69, 9.17) is 4.74 Å². The van der Waals surface area contributed by atoms with E-state index in [-0.39, 0.29) is 11.9 Å². The molecule has 0 radical (unpaired) electrons. The second-order valence-electron chi connectivity index (χ2n) is 7.23. The fourth-order valence-corrected chi connectivity index (χ4v) is 4.56. The Morgan fingerprint density at radius 1 is 1.20 bits per heavy atom. The molecular formula is C22H25N5O2S. The van der Waals surface area contributed by atoms with Crippen LogP contribution in [0.2, 0.25) is 0 Å². The molecule has 1 aromatic heterocycles. The van der Waals surface area contributed by atoms with Crippen LogP contribution in [0.3, 0.4) is 0 Å². The van der Waals surface area contributed by atoms with Gasteiger partial charge in [-0.2, -0.15) is 0 Å². The molecule has 1 aliphatic rings. The number of amides is 1. The predicted octanol–water partition coefficient (Wildman–Crippen LogP) is 3.95. The number of benzene rings is 2. The minimum absolute atomic E-state index is 0.117. The molecule has 0 saturated carbocycles. The largest absolute Gasteiger partial charge is 0.495 e. The Balaban J connectivity index is 1.67. The molecule has 2 atom stereocenters. The van der Waals surface area contributed by atoms with Gasteiger partial charge in [-0.05, 0) is 31.0 Å². The van der Waals surface area contributed by atoms with Crippen LogP contribution < -0.4 is 15.5 Å². The van der Waals surface area contributed by atoms with E-state index >= 15 is 0 Å². The molecule has 2 N–H and O–H groups in total. The zero-order chi connectivity index (χ0) is 21.1. The molecule has 0 aliphatic carbocycles. The molecule has 1 aliphatic heterocycles. The highest BCUT2D eigenvalue weighted by molar-refractivity contribution is 8.00. The molecule has 0 saturated heterocycles. The molecule has 2 aromatic carbocycles. The molecule has 0 bridgehead atoms. The summed E-state index contributed by atoms with van der Waals surface area (Å²) in [6.45, 7) is 4.16. The number of aromatic nitrogens is 3. The minimum Gasteiger partial charge on any atom is -0.495 e. The third kappa shape index (κ3) is 4.00. The number of methoxy groups -OCH3 is 1. The SMILES string of the molecule is CCCc1nnc2n1NC(c1ccc(C)cc1)C(C(=O)Nc1ccccc1OC)S2. The standard InChI is InChI=1S/C22H25N5O2S/c1-4-7-18-24-25-22-27(18)26-19(15-12-10-14(2)11-13-15)20(30-22)21(28)23-16-8-5-6-9-17(16)29-3/h5-6,8-13,19-20,26H,4,7H2,1-3H3,(H,23,28). The molecule has 4 rings (SSSR count). The Morgan fingerprint density at radius 3 is 2.70 bits per heavy atom. The smallest absolute Gasteiger partial charge is 0.240 e. The van der Waals surface area contributed by atoms with Crippen LogP contribution in [0, 0.1) is 6.92 Å². The Hall–Kier alpha value is -3.00. The van der Waals surface area contributed by atoms with Gasteiger partial charge in [-0.1, -0.05) is 60.6 Å². The van der Waals surface area contributed by atoms with Crippen LogP contribution in [0.4, 0.5) is 5.69 Å². The zero-order valence-corrected chi connectivity index (χ0v) is 18.1. The van der Waals surface area contributed by atoms with Crippen molar-refractivity contribution < 1.29 is 9.53 Å². The average Bonchev–Trinajstić information content (AvgIpc) is 3.16. The Morgan fingerprint density at radius 2 is 1.97 bits per heavy atom. The van der Waals surface area contributed by atoms with E-state index in [1.807, 2.05) is 28.9 Å². The second kappa shape index (κ2) is 8.79. The lowest BCUT2D eigenvalue weighted by molar-refractivity contribution is -0.116. The molecule has 3 aromatic rings. The second-order valence-corrected chi connectivity index (χ2v) is 8.34. The molecule has 0 spiro atoms. The first-order valence-corrected chi connectivity index (χ1v) is 10.9. The topological polar surface area (TPSA) is 81.1 Å². The molecule has 2 unspecified atom stereocenters. The third-order valence-electron chi connectivity index (χ3n) is 5.04. The lowest BCUT2D eigenvalue weighted by Gasteiger charge is -2.33. The van der Waals surface area contributed by atoms with E-state index in [1.54, 1.807) is 7.11 Å². The number of thioether (sulfide) groups is 1. The van der Waals surface area contributed by atoms with Crippen molar-refractivity contribution in [3.63, 3.8) is 0 Å². The van der Waals surface area contributed by atoms with E-state index in [0.29, 0.717) is 16.6 Å². The van der Waals surface area contributed by atoms with Crippen molar-refractivity contribution in [2.75, 3.05) is 17.9 Å². The number of aryl methyl sites for hydroxylation is 2. The lowest BCUT2D eigenvalue weighted by atomic mass is 10.0. The van der Waals surface area contributed by atoms with Crippen molar-refractivity contribution in [1.82, 2.24) is 14.9 Å². The van der Waals surface area contributed by atoms with Gasteiger partial charge in [-0.3, -0.25) is 4.79 Å². The molecular weight excluding hydrogens is 398 g/mol. The highest BCUT2D eigenvalue weighted by Crippen LogP contribution is 2.38. The van der Waals surface area contributed by atoms with Crippen molar-refractivity contribution in [2.45, 2.75) is 43.1 Å². The maximum absolute atomic E-state index is 13.3. The summed E-state index contributed by atoms with van der Waals surface area (Å²) in [5.74, 6) is 1.38. The maximum atomic E-state index is 13.3. The number of ether oxygens (including phenoxy) is 1. The maximum Gasteiger partial charge on any atom is 0.240 e. The van der Waals surface area contributed by atoms with Crippen molar-refractivity contribution in [1.29, 1.82) is 0 Å². The van der Waals surface area contributed by atoms with Crippen molar-refractivity contribution >= 4 is 23.4 Å². The van der Waals surface area contributed by atoms with Gasteiger partial charge in [-0.25, -0.2) is 4.68 Å². The van der Waals surface area contributed by atoms with E-state index in [0.717, 1.165) is 24.2 Å². The molecule has 156 valence electrons. The van der Waals surface area contributed by atoms with Crippen LogP contribution in [0.5, 0.6) is 5.75 Å². The predicted molar refractivity (Wildman–Crippen MR) is 119 cm³/mol. The average molecular weight is 424 g/mol. The third-order valence-corrected chi connectivity index (χ3v) is 6.25. The quantitative estimate of drug-likeness (QED) is 0.625. The van der Waals surface area contributed by atoms with Gasteiger partial charge in [0.1, 0.15) is 11.0 Å². The number of nitrogens with one attached hydrogen (secondary N) is 2. The summed E-state index contributed by atoms with van der Waals surface area (Å²) >= 11 is 1.43. The first-order valence-electron chi connectivity index (χ1n) is 9.98. The van der Waals surface area contributed by atoms with E-state index in [1.165, 1.54) is 17.3 Å². The highest BCUT2D eigenvalue weighted by Gasteiger charge is 2.38. The lowest BCUT2D eigenvalue weighted by Crippen LogP contribution is -2.41. The fraction of sp³-hybridized carbons (Fsp3) is 0.318. The summed E-state index contributed by atoms with van der Waals surface area (Å²) < 4.78 is 7.30. The molecule has 30 heavy (non-hydrogen) atoms. The summed E-state index contributed by atoms with van der Waals surface area (Å²) in [4.78, 5) is 13.3. The highest BCUT2D eigenvalue weighted by atomic mass is 32.2. The number of carbonyl (C=O) groups is 1.